The van der Waals surface area contributed by atoms with E-state index in [1.165, 1.54) is 0 Å². The van der Waals surface area contributed by atoms with Gasteiger partial charge >= 0.3 is 0 Å². The topological polar surface area (TPSA) is 65.8 Å². The van der Waals surface area contributed by atoms with Crippen LogP contribution in [-0.4, -0.2) is 71.0 Å². The van der Waals surface area contributed by atoms with E-state index in [0.717, 1.165) is 37.7 Å². The quantitative estimate of drug-likeness (QED) is 0.622. The normalized spacial score (nSPS) is 15.1. The maximum atomic E-state index is 12.5. The number of amides is 1. The molecule has 1 aliphatic rings. The molecule has 0 radical (unpaired) electrons. The van der Waals surface area contributed by atoms with Gasteiger partial charge in [0.15, 0.2) is 5.96 Å². The molecule has 1 fully saturated rings. The number of halogens is 1. The Bertz CT molecular complexity index is 768. The molecular weight excluding hydrogens is 364 g/mol. The SMILES string of the molecule is CN=C(NCCn1ccnc1)N1CCN(C(=O)Cc2cccc(Cl)c2)CC1. The van der Waals surface area contributed by atoms with Crippen LogP contribution in [0.2, 0.25) is 5.02 Å². The van der Waals surface area contributed by atoms with Gasteiger partial charge in [-0.1, -0.05) is 23.7 Å². The molecule has 2 heterocycles. The summed E-state index contributed by atoms with van der Waals surface area (Å²) < 4.78 is 2.02. The van der Waals surface area contributed by atoms with Crippen LogP contribution in [0.25, 0.3) is 0 Å². The van der Waals surface area contributed by atoms with E-state index >= 15 is 0 Å². The predicted octanol–water partition coefficient (Wildman–Crippen LogP) is 1.50. The summed E-state index contributed by atoms with van der Waals surface area (Å²) in [5.74, 6) is 1.01. The van der Waals surface area contributed by atoms with Crippen molar-refractivity contribution >= 4 is 23.5 Å². The molecule has 1 N–H and O–H groups in total. The number of aliphatic imine (C=N–C) groups is 1. The van der Waals surface area contributed by atoms with Gasteiger partial charge in [0.25, 0.3) is 0 Å². The highest BCUT2D eigenvalue weighted by molar-refractivity contribution is 6.30. The Hall–Kier alpha value is -2.54. The Kier molecular flexibility index (Phi) is 6.70. The average Bonchev–Trinajstić information content (AvgIpc) is 3.19. The van der Waals surface area contributed by atoms with Gasteiger partial charge in [0.2, 0.25) is 5.91 Å². The first-order valence-electron chi connectivity index (χ1n) is 9.09. The zero-order valence-corrected chi connectivity index (χ0v) is 16.3. The number of nitrogens with zero attached hydrogens (tertiary/aromatic N) is 5. The minimum absolute atomic E-state index is 0.139. The maximum Gasteiger partial charge on any atom is 0.227 e. The van der Waals surface area contributed by atoms with Crippen LogP contribution in [0.1, 0.15) is 5.56 Å². The third-order valence-corrected chi connectivity index (χ3v) is 4.84. The van der Waals surface area contributed by atoms with E-state index in [1.54, 1.807) is 19.6 Å². The van der Waals surface area contributed by atoms with Crippen LogP contribution in [0.3, 0.4) is 0 Å². The number of aromatic nitrogens is 2. The second-order valence-corrected chi connectivity index (χ2v) is 6.89. The average molecular weight is 389 g/mol. The van der Waals surface area contributed by atoms with E-state index in [9.17, 15) is 4.79 Å². The van der Waals surface area contributed by atoms with Gasteiger partial charge in [-0.25, -0.2) is 4.98 Å². The summed E-state index contributed by atoms with van der Waals surface area (Å²) in [5, 5.41) is 4.04. The molecule has 27 heavy (non-hydrogen) atoms. The lowest BCUT2D eigenvalue weighted by Gasteiger charge is -2.36. The Morgan fingerprint density at radius 3 is 2.70 bits per heavy atom. The summed E-state index contributed by atoms with van der Waals surface area (Å²) in [6.45, 7) is 4.54. The van der Waals surface area contributed by atoms with Crippen molar-refractivity contribution in [3.8, 4) is 0 Å². The van der Waals surface area contributed by atoms with Crippen molar-refractivity contribution in [1.29, 1.82) is 0 Å². The van der Waals surface area contributed by atoms with E-state index in [1.807, 2.05) is 39.9 Å². The van der Waals surface area contributed by atoms with Crippen LogP contribution < -0.4 is 5.32 Å². The molecule has 0 saturated carbocycles. The second kappa shape index (κ2) is 9.41. The van der Waals surface area contributed by atoms with Gasteiger partial charge in [0.05, 0.1) is 12.7 Å². The van der Waals surface area contributed by atoms with Gasteiger partial charge in [-0.2, -0.15) is 0 Å². The van der Waals surface area contributed by atoms with Crippen LogP contribution >= 0.6 is 11.6 Å². The first-order chi connectivity index (χ1) is 13.2. The molecule has 0 aliphatic carbocycles. The molecule has 0 spiro atoms. The zero-order valence-electron chi connectivity index (χ0n) is 15.5. The molecule has 1 aromatic heterocycles. The molecule has 0 unspecified atom stereocenters. The molecule has 1 aromatic carbocycles. The summed E-state index contributed by atoms with van der Waals surface area (Å²) in [6, 6.07) is 7.48. The van der Waals surface area contributed by atoms with Crippen molar-refractivity contribution in [2.24, 2.45) is 4.99 Å². The summed E-state index contributed by atoms with van der Waals surface area (Å²) >= 11 is 6.00. The van der Waals surface area contributed by atoms with Crippen molar-refractivity contribution in [3.63, 3.8) is 0 Å². The lowest BCUT2D eigenvalue weighted by molar-refractivity contribution is -0.131. The lowest BCUT2D eigenvalue weighted by atomic mass is 10.1. The van der Waals surface area contributed by atoms with Crippen LogP contribution in [0, 0.1) is 0 Å². The largest absolute Gasteiger partial charge is 0.354 e. The van der Waals surface area contributed by atoms with E-state index < -0.39 is 0 Å². The molecule has 1 saturated heterocycles. The summed E-state index contributed by atoms with van der Waals surface area (Å²) in [4.78, 5) is 25.0. The minimum Gasteiger partial charge on any atom is -0.354 e. The number of carbonyl (C=O) groups is 1. The van der Waals surface area contributed by atoms with Gasteiger partial charge < -0.3 is 19.7 Å². The number of nitrogens with one attached hydrogen (secondary N) is 1. The van der Waals surface area contributed by atoms with Crippen molar-refractivity contribution < 1.29 is 4.79 Å². The second-order valence-electron chi connectivity index (χ2n) is 6.45. The molecule has 0 atom stereocenters. The maximum absolute atomic E-state index is 12.5. The molecular formula is C19H25ClN6O. The minimum atomic E-state index is 0.139. The first-order valence-corrected chi connectivity index (χ1v) is 9.47. The van der Waals surface area contributed by atoms with E-state index in [2.05, 4.69) is 20.2 Å². The summed E-state index contributed by atoms with van der Waals surface area (Å²) in [6.07, 6.45) is 5.90. The molecule has 0 bridgehead atoms. The number of rotatable bonds is 5. The number of hydrogen-bond acceptors (Lipinski definition) is 3. The standard InChI is InChI=1S/C19H25ClN6O/c1-21-19(23-6-8-24-7-5-22-15-24)26-11-9-25(10-12-26)18(27)14-16-3-2-4-17(20)13-16/h2-5,7,13,15H,6,8-12,14H2,1H3,(H,21,23). The van der Waals surface area contributed by atoms with Crippen molar-refractivity contribution in [1.82, 2.24) is 24.7 Å². The lowest BCUT2D eigenvalue weighted by Crippen LogP contribution is -2.54. The summed E-state index contributed by atoms with van der Waals surface area (Å²) in [7, 11) is 1.79. The van der Waals surface area contributed by atoms with Crippen molar-refractivity contribution in [3.05, 3.63) is 53.6 Å². The number of benzene rings is 1. The predicted molar refractivity (Wildman–Crippen MR) is 107 cm³/mol. The third kappa shape index (κ3) is 5.47. The first kappa shape index (κ1) is 19.2. The number of imidazole rings is 1. The van der Waals surface area contributed by atoms with Crippen LogP contribution in [0.15, 0.2) is 48.0 Å². The number of hydrogen-bond donors (Lipinski definition) is 1. The Morgan fingerprint density at radius 2 is 2.04 bits per heavy atom. The molecule has 3 rings (SSSR count). The molecule has 8 heteroatoms. The Balaban J connectivity index is 1.44. The Labute approximate surface area is 164 Å². The number of carbonyl (C=O) groups excluding carboxylic acids is 1. The van der Waals surface area contributed by atoms with E-state index in [0.29, 0.717) is 24.5 Å². The van der Waals surface area contributed by atoms with E-state index in [-0.39, 0.29) is 5.91 Å². The highest BCUT2D eigenvalue weighted by Gasteiger charge is 2.23. The third-order valence-electron chi connectivity index (χ3n) is 4.60. The fourth-order valence-electron chi connectivity index (χ4n) is 3.15. The molecule has 144 valence electrons. The fourth-order valence-corrected chi connectivity index (χ4v) is 3.36. The summed E-state index contributed by atoms with van der Waals surface area (Å²) in [5.41, 5.74) is 0.951. The van der Waals surface area contributed by atoms with Crippen molar-refractivity contribution in [2.45, 2.75) is 13.0 Å². The monoisotopic (exact) mass is 388 g/mol. The smallest absolute Gasteiger partial charge is 0.227 e. The van der Waals surface area contributed by atoms with Gasteiger partial charge in [-0.05, 0) is 17.7 Å². The number of piperazine rings is 1. The van der Waals surface area contributed by atoms with Crippen LogP contribution in [0.4, 0.5) is 0 Å². The van der Waals surface area contributed by atoms with Gasteiger partial charge in [-0.3, -0.25) is 9.79 Å². The molecule has 1 amide bonds. The van der Waals surface area contributed by atoms with Gasteiger partial charge in [0.1, 0.15) is 0 Å². The zero-order chi connectivity index (χ0) is 19.1. The molecule has 2 aromatic rings. The highest BCUT2D eigenvalue weighted by atomic mass is 35.5. The van der Waals surface area contributed by atoms with Gasteiger partial charge in [-0.15, -0.1) is 0 Å². The van der Waals surface area contributed by atoms with Crippen molar-refractivity contribution in [2.75, 3.05) is 39.8 Å². The Morgan fingerprint density at radius 1 is 1.26 bits per heavy atom. The molecule has 1 aliphatic heterocycles. The van der Waals surface area contributed by atoms with Gasteiger partial charge in [0, 0.05) is 63.7 Å². The fraction of sp³-hybridized carbons (Fsp3) is 0.421. The van der Waals surface area contributed by atoms with Crippen LogP contribution in [-0.2, 0) is 17.8 Å². The number of guanidine groups is 1. The van der Waals surface area contributed by atoms with E-state index in [4.69, 9.17) is 11.6 Å². The highest BCUT2D eigenvalue weighted by Crippen LogP contribution is 2.13. The van der Waals surface area contributed by atoms with Crippen LogP contribution in [0.5, 0.6) is 0 Å². The molecule has 7 nitrogen and oxygen atoms in total.